The third-order valence-electron chi connectivity index (χ3n) is 4.72. The smallest absolute Gasteiger partial charge is 0.409 e. The van der Waals surface area contributed by atoms with Crippen LogP contribution in [-0.2, 0) is 4.74 Å². The first kappa shape index (κ1) is 21.4. The van der Waals surface area contributed by atoms with Crippen molar-refractivity contribution in [2.75, 3.05) is 43.0 Å². The first-order valence-electron chi connectivity index (χ1n) is 9.50. The summed E-state index contributed by atoms with van der Waals surface area (Å²) in [4.78, 5) is 39.6. The predicted molar refractivity (Wildman–Crippen MR) is 114 cm³/mol. The molecule has 1 heterocycles. The zero-order valence-corrected chi connectivity index (χ0v) is 17.2. The van der Waals surface area contributed by atoms with Gasteiger partial charge in [-0.3, -0.25) is 4.79 Å². The summed E-state index contributed by atoms with van der Waals surface area (Å²) in [6, 6.07) is 11.1. The normalized spacial score (nSPS) is 13.7. The lowest BCUT2D eigenvalue weighted by molar-refractivity contribution is 0.0696. The van der Waals surface area contributed by atoms with Gasteiger partial charge in [0.1, 0.15) is 0 Å². The number of hydrogen-bond donors (Lipinski definition) is 2. The van der Waals surface area contributed by atoms with Gasteiger partial charge in [0.15, 0.2) is 0 Å². The number of carbonyl (C=O) groups excluding carboxylic acids is 2. The average Bonchev–Trinajstić information content (AvgIpc) is 2.74. The molecule has 2 N–H and O–H groups in total. The highest BCUT2D eigenvalue weighted by molar-refractivity contribution is 6.31. The van der Waals surface area contributed by atoms with Crippen molar-refractivity contribution in [1.82, 2.24) is 4.90 Å². The maximum Gasteiger partial charge on any atom is 0.409 e. The largest absolute Gasteiger partial charge is 0.478 e. The molecule has 0 radical (unpaired) electrons. The number of benzene rings is 2. The number of nitrogens with one attached hydrogen (secondary N) is 1. The second-order valence-corrected chi connectivity index (χ2v) is 7.11. The fourth-order valence-corrected chi connectivity index (χ4v) is 3.40. The van der Waals surface area contributed by atoms with Crippen molar-refractivity contribution in [2.45, 2.75) is 6.92 Å². The highest BCUT2D eigenvalue weighted by Gasteiger charge is 2.24. The number of rotatable bonds is 5. The average molecular weight is 432 g/mol. The molecule has 158 valence electrons. The molecular formula is C21H22ClN3O5. The maximum atomic E-state index is 12.7. The molecule has 0 aromatic heterocycles. The van der Waals surface area contributed by atoms with Gasteiger partial charge in [-0.1, -0.05) is 17.7 Å². The van der Waals surface area contributed by atoms with Crippen LogP contribution in [0.2, 0.25) is 5.02 Å². The molecule has 0 spiro atoms. The molecule has 0 atom stereocenters. The van der Waals surface area contributed by atoms with Crippen LogP contribution in [-0.4, -0.2) is 60.8 Å². The molecule has 0 aliphatic carbocycles. The summed E-state index contributed by atoms with van der Waals surface area (Å²) in [7, 11) is 0. The summed E-state index contributed by atoms with van der Waals surface area (Å²) >= 11 is 5.96. The Kier molecular flexibility index (Phi) is 6.79. The second-order valence-electron chi connectivity index (χ2n) is 6.67. The predicted octanol–water partition coefficient (Wildman–Crippen LogP) is 3.57. The van der Waals surface area contributed by atoms with E-state index in [9.17, 15) is 19.5 Å². The van der Waals surface area contributed by atoms with E-state index >= 15 is 0 Å². The number of aromatic carboxylic acids is 1. The van der Waals surface area contributed by atoms with E-state index in [1.165, 1.54) is 18.2 Å². The van der Waals surface area contributed by atoms with Gasteiger partial charge in [0.05, 0.1) is 23.5 Å². The molecule has 30 heavy (non-hydrogen) atoms. The highest BCUT2D eigenvalue weighted by atomic mass is 35.5. The SMILES string of the molecule is CCOC(=O)N1CCN(c2ccc(C(=O)O)cc2NC(=O)c2cccc(Cl)c2)CC1. The number of amides is 2. The van der Waals surface area contributed by atoms with E-state index in [0.717, 1.165) is 0 Å². The van der Waals surface area contributed by atoms with Crippen LogP contribution in [0.1, 0.15) is 27.6 Å². The van der Waals surface area contributed by atoms with Crippen LogP contribution >= 0.6 is 11.6 Å². The highest BCUT2D eigenvalue weighted by Crippen LogP contribution is 2.29. The topological polar surface area (TPSA) is 99.2 Å². The lowest BCUT2D eigenvalue weighted by Gasteiger charge is -2.36. The quantitative estimate of drug-likeness (QED) is 0.750. The van der Waals surface area contributed by atoms with Crippen LogP contribution in [0.5, 0.6) is 0 Å². The van der Waals surface area contributed by atoms with E-state index in [1.807, 2.05) is 4.90 Å². The molecule has 0 bridgehead atoms. The fourth-order valence-electron chi connectivity index (χ4n) is 3.21. The van der Waals surface area contributed by atoms with Gasteiger partial charge in [0.2, 0.25) is 0 Å². The number of anilines is 2. The lowest BCUT2D eigenvalue weighted by Crippen LogP contribution is -2.49. The minimum atomic E-state index is -1.09. The Bertz CT molecular complexity index is 957. The summed E-state index contributed by atoms with van der Waals surface area (Å²) < 4.78 is 5.03. The number of nitrogens with zero attached hydrogens (tertiary/aromatic N) is 2. The number of carbonyl (C=O) groups is 3. The Morgan fingerprint density at radius 2 is 1.80 bits per heavy atom. The van der Waals surface area contributed by atoms with Gasteiger partial charge >= 0.3 is 12.1 Å². The summed E-state index contributed by atoms with van der Waals surface area (Å²) in [6.45, 7) is 4.03. The van der Waals surface area contributed by atoms with Crippen molar-refractivity contribution in [3.8, 4) is 0 Å². The van der Waals surface area contributed by atoms with Crippen LogP contribution in [0.25, 0.3) is 0 Å². The maximum absolute atomic E-state index is 12.7. The number of ether oxygens (including phenoxy) is 1. The van der Waals surface area contributed by atoms with Crippen LogP contribution in [0, 0.1) is 0 Å². The van der Waals surface area contributed by atoms with E-state index in [1.54, 1.807) is 36.1 Å². The third kappa shape index (κ3) is 5.01. The Morgan fingerprint density at radius 3 is 2.43 bits per heavy atom. The van der Waals surface area contributed by atoms with E-state index in [0.29, 0.717) is 54.7 Å². The standard InChI is InChI=1S/C21H22ClN3O5/c1-2-30-21(29)25-10-8-24(9-11-25)18-7-6-15(20(27)28)13-17(18)23-19(26)14-4-3-5-16(22)12-14/h3-7,12-13H,2,8-11H2,1H3,(H,23,26)(H,27,28). The third-order valence-corrected chi connectivity index (χ3v) is 4.96. The van der Waals surface area contributed by atoms with Gasteiger partial charge in [0.25, 0.3) is 5.91 Å². The van der Waals surface area contributed by atoms with Gasteiger partial charge in [-0.2, -0.15) is 0 Å². The van der Waals surface area contributed by atoms with Crippen LogP contribution < -0.4 is 10.2 Å². The zero-order valence-electron chi connectivity index (χ0n) is 16.4. The molecule has 3 rings (SSSR count). The number of piperazine rings is 1. The Hall–Kier alpha value is -3.26. The summed E-state index contributed by atoms with van der Waals surface area (Å²) in [6.07, 6.45) is -0.354. The van der Waals surface area contributed by atoms with E-state index in [4.69, 9.17) is 16.3 Å². The van der Waals surface area contributed by atoms with Gasteiger partial charge in [0, 0.05) is 36.8 Å². The van der Waals surface area contributed by atoms with Gasteiger partial charge in [-0.25, -0.2) is 9.59 Å². The van der Waals surface area contributed by atoms with Crippen molar-refractivity contribution in [1.29, 1.82) is 0 Å². The van der Waals surface area contributed by atoms with Gasteiger partial charge in [-0.15, -0.1) is 0 Å². The van der Waals surface area contributed by atoms with E-state index < -0.39 is 11.9 Å². The molecule has 1 aliphatic rings. The zero-order chi connectivity index (χ0) is 21.7. The molecular weight excluding hydrogens is 410 g/mol. The molecule has 1 aliphatic heterocycles. The Morgan fingerprint density at radius 1 is 1.07 bits per heavy atom. The minimum Gasteiger partial charge on any atom is -0.478 e. The van der Waals surface area contributed by atoms with Crippen LogP contribution in [0.3, 0.4) is 0 Å². The number of carboxylic acids is 1. The molecule has 2 amide bonds. The van der Waals surface area contributed by atoms with Crippen molar-refractivity contribution in [3.05, 3.63) is 58.6 Å². The number of halogens is 1. The Labute approximate surface area is 179 Å². The second kappa shape index (κ2) is 9.49. The van der Waals surface area contributed by atoms with E-state index in [2.05, 4.69) is 5.32 Å². The van der Waals surface area contributed by atoms with Crippen LogP contribution in [0.15, 0.2) is 42.5 Å². The molecule has 8 nitrogen and oxygen atoms in total. The molecule has 2 aromatic rings. The number of carboxylic acid groups (broad SMARTS) is 1. The first-order valence-corrected chi connectivity index (χ1v) is 9.87. The first-order chi connectivity index (χ1) is 14.4. The lowest BCUT2D eigenvalue weighted by atomic mass is 10.1. The molecule has 9 heteroatoms. The van der Waals surface area contributed by atoms with Crippen molar-refractivity contribution in [2.24, 2.45) is 0 Å². The molecule has 0 saturated carbocycles. The molecule has 0 unspecified atom stereocenters. The van der Waals surface area contributed by atoms with Crippen molar-refractivity contribution < 1.29 is 24.2 Å². The number of hydrogen-bond acceptors (Lipinski definition) is 5. The molecule has 1 saturated heterocycles. The summed E-state index contributed by atoms with van der Waals surface area (Å²) in [5.74, 6) is -1.49. The summed E-state index contributed by atoms with van der Waals surface area (Å²) in [5.41, 5.74) is 1.48. The molecule has 2 aromatic carbocycles. The van der Waals surface area contributed by atoms with Crippen molar-refractivity contribution >= 4 is 40.9 Å². The van der Waals surface area contributed by atoms with Gasteiger partial charge in [-0.05, 0) is 43.3 Å². The summed E-state index contributed by atoms with van der Waals surface area (Å²) in [5, 5.41) is 12.6. The van der Waals surface area contributed by atoms with E-state index in [-0.39, 0.29) is 11.7 Å². The minimum absolute atomic E-state index is 0.0605. The fraction of sp³-hybridized carbons (Fsp3) is 0.286. The monoisotopic (exact) mass is 431 g/mol. The van der Waals surface area contributed by atoms with Crippen molar-refractivity contribution in [3.63, 3.8) is 0 Å². The van der Waals surface area contributed by atoms with Gasteiger partial charge < -0.3 is 25.0 Å². The Balaban J connectivity index is 1.82. The van der Waals surface area contributed by atoms with Crippen LogP contribution in [0.4, 0.5) is 16.2 Å². The molecule has 1 fully saturated rings.